The molecule has 3 N–H and O–H groups in total. The highest BCUT2D eigenvalue weighted by molar-refractivity contribution is 6.72. The van der Waals surface area contributed by atoms with Gasteiger partial charge in [-0.3, -0.25) is 14.4 Å². The third kappa shape index (κ3) is 5.20. The Bertz CT molecular complexity index is 999. The number of aliphatic hydroxyl groups is 2. The number of carbonyl (C=O) groups excluding carboxylic acids is 3. The van der Waals surface area contributed by atoms with Crippen molar-refractivity contribution < 1.29 is 38.2 Å². The third-order valence-electron chi connectivity index (χ3n) is 7.26. The van der Waals surface area contributed by atoms with Crippen LogP contribution in [0.2, 0.25) is 18.6 Å². The Hall–Kier alpha value is -2.34. The van der Waals surface area contributed by atoms with Crippen molar-refractivity contribution in [1.82, 2.24) is 0 Å². The van der Waals surface area contributed by atoms with E-state index in [-0.39, 0.29) is 31.3 Å². The number of esters is 1. The predicted molar refractivity (Wildman–Crippen MR) is 135 cm³/mol. The van der Waals surface area contributed by atoms with Crippen LogP contribution in [0, 0.1) is 5.92 Å². The van der Waals surface area contributed by atoms with Crippen molar-refractivity contribution in [1.29, 1.82) is 0 Å². The number of fused-ring (bicyclic) bond motifs is 2. The average Bonchev–Trinajstić information content (AvgIpc) is 3.23. The second kappa shape index (κ2) is 11.0. The number of amides is 2. The zero-order valence-corrected chi connectivity index (χ0v) is 22.5. The van der Waals surface area contributed by atoms with Crippen LogP contribution in [0.15, 0.2) is 18.2 Å². The highest BCUT2D eigenvalue weighted by Crippen LogP contribution is 2.60. The van der Waals surface area contributed by atoms with Gasteiger partial charge in [-0.25, -0.2) is 0 Å². The molecule has 1 saturated heterocycles. The van der Waals surface area contributed by atoms with Crippen LogP contribution in [0.1, 0.15) is 45.1 Å². The van der Waals surface area contributed by atoms with Gasteiger partial charge in [-0.2, -0.15) is 0 Å². The van der Waals surface area contributed by atoms with Gasteiger partial charge in [0.05, 0.1) is 18.9 Å². The van der Waals surface area contributed by atoms with E-state index in [0.29, 0.717) is 36.3 Å². The molecule has 9 nitrogen and oxygen atoms in total. The number of carbonyl (C=O) groups is 3. The Labute approximate surface area is 212 Å². The summed E-state index contributed by atoms with van der Waals surface area (Å²) in [6.07, 6.45) is -0.356. The number of halogens is 1. The van der Waals surface area contributed by atoms with Gasteiger partial charge in [0, 0.05) is 42.3 Å². The van der Waals surface area contributed by atoms with Crippen molar-refractivity contribution in [2.45, 2.75) is 76.0 Å². The fourth-order valence-electron chi connectivity index (χ4n) is 5.63. The normalized spacial score (nSPS) is 26.3. The van der Waals surface area contributed by atoms with Gasteiger partial charge in [0.25, 0.3) is 11.8 Å². The fourth-order valence-corrected chi connectivity index (χ4v) is 8.17. The second-order valence-corrected chi connectivity index (χ2v) is 14.0. The second-order valence-electron chi connectivity index (χ2n) is 10.2. The maximum atomic E-state index is 15.6. The summed E-state index contributed by atoms with van der Waals surface area (Å²) >= 11 is 0. The van der Waals surface area contributed by atoms with Crippen LogP contribution < -0.4 is 10.2 Å². The highest BCUT2D eigenvalue weighted by Gasteiger charge is 2.66. The number of hydrogen-bond acceptors (Lipinski definition) is 7. The number of hydrogen-bond donors (Lipinski definition) is 3. The molecule has 0 aromatic heterocycles. The Morgan fingerprint density at radius 3 is 2.61 bits per heavy atom. The number of nitrogens with one attached hydrogen (secondary N) is 1. The fraction of sp³-hybridized carbons (Fsp3) is 0.640. The topological polar surface area (TPSA) is 125 Å². The largest absolute Gasteiger partial charge is 0.469 e. The lowest BCUT2D eigenvalue weighted by Crippen LogP contribution is -2.45. The minimum Gasteiger partial charge on any atom is -0.469 e. The van der Waals surface area contributed by atoms with E-state index in [1.807, 2.05) is 6.92 Å². The Morgan fingerprint density at radius 1 is 1.33 bits per heavy atom. The molecule has 200 valence electrons. The number of ether oxygens (including phenoxy) is 2. The SMILES string of the molecule is COC(=O)CCCCN1C(=O)[C@]2(O[C@H](CCO)[C@@H]([Si](C)(C)F)[C@@H]2C)c2cc(NC(=O)[C@H](C)O)ccc21. The monoisotopic (exact) mass is 524 g/mol. The summed E-state index contributed by atoms with van der Waals surface area (Å²) in [6, 6.07) is 5.01. The smallest absolute Gasteiger partial charge is 0.305 e. The Balaban J connectivity index is 2.03. The van der Waals surface area contributed by atoms with Gasteiger partial charge >= 0.3 is 5.97 Å². The molecule has 2 amide bonds. The first-order valence-electron chi connectivity index (χ1n) is 12.4. The summed E-state index contributed by atoms with van der Waals surface area (Å²) in [7, 11) is -1.99. The molecule has 0 saturated carbocycles. The zero-order valence-electron chi connectivity index (χ0n) is 21.5. The lowest BCUT2D eigenvalue weighted by molar-refractivity contribution is -0.146. The summed E-state index contributed by atoms with van der Waals surface area (Å²) in [6.45, 7) is 6.48. The molecule has 1 fully saturated rings. The maximum Gasteiger partial charge on any atom is 0.305 e. The molecule has 1 spiro atoms. The predicted octanol–water partition coefficient (Wildman–Crippen LogP) is 2.85. The van der Waals surface area contributed by atoms with Crippen LogP contribution in [-0.2, 0) is 29.5 Å². The van der Waals surface area contributed by atoms with Crippen molar-refractivity contribution in [3.8, 4) is 0 Å². The number of anilines is 2. The molecule has 0 bridgehead atoms. The quantitative estimate of drug-likeness (QED) is 0.186. The number of nitrogens with zero attached hydrogens (tertiary/aromatic N) is 1. The van der Waals surface area contributed by atoms with Crippen LogP contribution in [0.4, 0.5) is 15.5 Å². The molecule has 11 heteroatoms. The van der Waals surface area contributed by atoms with Gasteiger partial charge in [-0.15, -0.1) is 0 Å². The molecule has 1 aromatic rings. The molecule has 2 aliphatic rings. The molecule has 36 heavy (non-hydrogen) atoms. The van der Waals surface area contributed by atoms with Crippen LogP contribution in [0.25, 0.3) is 0 Å². The Kier molecular flexibility index (Phi) is 8.59. The van der Waals surface area contributed by atoms with E-state index in [1.54, 1.807) is 36.2 Å². The third-order valence-corrected chi connectivity index (χ3v) is 9.72. The minimum atomic E-state index is -3.32. The molecule has 0 aliphatic carbocycles. The minimum absolute atomic E-state index is 0.197. The summed E-state index contributed by atoms with van der Waals surface area (Å²) in [4.78, 5) is 39.3. The van der Waals surface area contributed by atoms with Crippen LogP contribution in [0.3, 0.4) is 0 Å². The lowest BCUT2D eigenvalue weighted by atomic mass is 9.82. The van der Waals surface area contributed by atoms with E-state index < -0.39 is 43.6 Å². The lowest BCUT2D eigenvalue weighted by Gasteiger charge is -2.31. The highest BCUT2D eigenvalue weighted by atomic mass is 28.4. The van der Waals surface area contributed by atoms with Crippen LogP contribution >= 0.6 is 0 Å². The van der Waals surface area contributed by atoms with Gasteiger partial charge in [0.1, 0.15) is 6.10 Å². The van der Waals surface area contributed by atoms with E-state index in [2.05, 4.69) is 10.1 Å². The molecular weight excluding hydrogens is 487 g/mol. The van der Waals surface area contributed by atoms with E-state index in [9.17, 15) is 24.6 Å². The first kappa shape index (κ1) is 28.2. The van der Waals surface area contributed by atoms with E-state index in [0.717, 1.165) is 0 Å². The standard InChI is InChI=1S/C25H37FN2O7Si/c1-15-22(36(4,5)26)20(11-13-29)35-25(15)18-14-17(27-23(32)16(2)30)9-10-19(18)28(24(25)33)12-7-6-8-21(31)34-3/h9-10,14-16,20,22,29-30H,6-8,11-13H2,1-5H3,(H,27,32)/t15-,16-,20+,22-,25+/m0/s1. The van der Waals surface area contributed by atoms with Gasteiger partial charge in [0.2, 0.25) is 8.41 Å². The molecule has 0 radical (unpaired) electrons. The number of benzene rings is 1. The van der Waals surface area contributed by atoms with Gasteiger partial charge < -0.3 is 34.0 Å². The van der Waals surface area contributed by atoms with Crippen molar-refractivity contribution in [2.75, 3.05) is 30.5 Å². The van der Waals surface area contributed by atoms with Crippen LogP contribution in [0.5, 0.6) is 0 Å². The van der Waals surface area contributed by atoms with E-state index in [4.69, 9.17) is 4.74 Å². The molecule has 0 unspecified atom stereocenters. The van der Waals surface area contributed by atoms with Gasteiger partial charge in [0.15, 0.2) is 5.60 Å². The van der Waals surface area contributed by atoms with Gasteiger partial charge in [-0.05, 0) is 57.5 Å². The molecule has 5 atom stereocenters. The summed E-state index contributed by atoms with van der Waals surface area (Å²) in [5.41, 5.74) is -0.489. The molecular formula is C25H37FN2O7Si. The van der Waals surface area contributed by atoms with Crippen LogP contribution in [-0.4, -0.2) is 68.9 Å². The molecule has 3 rings (SSSR count). The number of methoxy groups -OCH3 is 1. The average molecular weight is 525 g/mol. The Morgan fingerprint density at radius 2 is 2.03 bits per heavy atom. The van der Waals surface area contributed by atoms with Crippen molar-refractivity contribution in [2.24, 2.45) is 5.92 Å². The molecule has 1 aromatic carbocycles. The molecule has 2 heterocycles. The number of aliphatic hydroxyl groups excluding tert-OH is 2. The number of rotatable bonds is 10. The first-order chi connectivity index (χ1) is 16.9. The first-order valence-corrected chi connectivity index (χ1v) is 15.3. The summed E-state index contributed by atoms with van der Waals surface area (Å²) in [5, 5.41) is 21.9. The summed E-state index contributed by atoms with van der Waals surface area (Å²) < 4.78 is 26.7. The molecule has 2 aliphatic heterocycles. The number of unbranched alkanes of at least 4 members (excludes halogenated alkanes) is 1. The van der Waals surface area contributed by atoms with Crippen molar-refractivity contribution in [3.63, 3.8) is 0 Å². The van der Waals surface area contributed by atoms with E-state index in [1.165, 1.54) is 14.0 Å². The summed E-state index contributed by atoms with van der Waals surface area (Å²) in [5.74, 6) is -1.75. The maximum absolute atomic E-state index is 15.6. The van der Waals surface area contributed by atoms with Crippen molar-refractivity contribution >= 4 is 37.6 Å². The zero-order chi connectivity index (χ0) is 26.8. The van der Waals surface area contributed by atoms with Gasteiger partial charge in [-0.1, -0.05) is 6.92 Å². The van der Waals surface area contributed by atoms with Crippen molar-refractivity contribution in [3.05, 3.63) is 23.8 Å². The van der Waals surface area contributed by atoms with E-state index >= 15 is 4.11 Å².